The average Bonchev–Trinajstić information content (AvgIpc) is 3.04. The van der Waals surface area contributed by atoms with E-state index in [1.54, 1.807) is 19.1 Å². The molecule has 3 rings (SSSR count). The number of benzene rings is 2. The molecule has 0 amide bonds. The molecule has 0 saturated carbocycles. The Labute approximate surface area is 162 Å². The van der Waals surface area contributed by atoms with E-state index in [9.17, 15) is 31.9 Å². The number of carboxylic acids is 1. The van der Waals surface area contributed by atoms with E-state index in [0.29, 0.717) is 25.0 Å². The number of carboxylic acid groups (broad SMARTS) is 1. The minimum absolute atomic E-state index is 0.152. The molecular formula is C20H17F5O4. The van der Waals surface area contributed by atoms with Gasteiger partial charge in [0, 0.05) is 0 Å². The van der Waals surface area contributed by atoms with E-state index in [1.165, 1.54) is 6.07 Å². The number of aryl methyl sites for hydroxylation is 1. The van der Waals surface area contributed by atoms with Gasteiger partial charge in [-0.25, -0.2) is 0 Å². The van der Waals surface area contributed by atoms with Crippen LogP contribution in [0.2, 0.25) is 0 Å². The largest absolute Gasteiger partial charge is 0.481 e. The Morgan fingerprint density at radius 1 is 1.14 bits per heavy atom. The molecule has 2 atom stereocenters. The first-order chi connectivity index (χ1) is 13.6. The van der Waals surface area contributed by atoms with Crippen molar-refractivity contribution in [2.45, 2.75) is 38.5 Å². The number of fused-ring (bicyclic) bond motifs is 1. The quantitative estimate of drug-likeness (QED) is 0.601. The van der Waals surface area contributed by atoms with E-state index in [0.717, 1.165) is 17.2 Å². The van der Waals surface area contributed by atoms with Crippen molar-refractivity contribution >= 4 is 5.97 Å². The van der Waals surface area contributed by atoms with Crippen LogP contribution in [0.4, 0.5) is 22.0 Å². The first-order valence-electron chi connectivity index (χ1n) is 8.76. The molecule has 4 nitrogen and oxygen atoms in total. The van der Waals surface area contributed by atoms with Gasteiger partial charge >= 0.3 is 18.8 Å². The number of aliphatic carboxylic acids is 1. The molecule has 2 aromatic carbocycles. The van der Waals surface area contributed by atoms with E-state index >= 15 is 0 Å². The highest BCUT2D eigenvalue weighted by Crippen LogP contribution is 2.42. The molecule has 0 aliphatic heterocycles. The van der Waals surface area contributed by atoms with Crippen LogP contribution in [0.3, 0.4) is 0 Å². The minimum Gasteiger partial charge on any atom is -0.481 e. The molecule has 1 N–H and O–H groups in total. The Morgan fingerprint density at radius 2 is 1.86 bits per heavy atom. The zero-order valence-corrected chi connectivity index (χ0v) is 15.2. The van der Waals surface area contributed by atoms with Crippen LogP contribution in [-0.4, -0.2) is 17.7 Å². The minimum atomic E-state index is -4.72. The average molecular weight is 416 g/mol. The van der Waals surface area contributed by atoms with Crippen LogP contribution in [0.1, 0.15) is 36.0 Å². The topological polar surface area (TPSA) is 55.8 Å². The summed E-state index contributed by atoms with van der Waals surface area (Å²) in [7, 11) is 0. The number of rotatable bonds is 6. The maximum absolute atomic E-state index is 12.8. The van der Waals surface area contributed by atoms with Crippen LogP contribution in [0.15, 0.2) is 36.4 Å². The SMILES string of the molecule is CC(C(=O)O)[C@@H]1CCc2cc(Oc3ccc(C(F)(F)F)cc3OC(F)F)ccc21. The molecule has 0 heterocycles. The van der Waals surface area contributed by atoms with Gasteiger partial charge in [0.1, 0.15) is 5.75 Å². The Morgan fingerprint density at radius 3 is 2.48 bits per heavy atom. The van der Waals surface area contributed by atoms with Gasteiger partial charge in [0.05, 0.1) is 11.5 Å². The third-order valence-electron chi connectivity index (χ3n) is 4.95. The maximum Gasteiger partial charge on any atom is 0.416 e. The summed E-state index contributed by atoms with van der Waals surface area (Å²) in [5.41, 5.74) is 0.576. The van der Waals surface area contributed by atoms with Crippen molar-refractivity contribution in [3.05, 3.63) is 53.1 Å². The summed E-state index contributed by atoms with van der Waals surface area (Å²) in [5, 5.41) is 9.22. The summed E-state index contributed by atoms with van der Waals surface area (Å²) in [6.45, 7) is -1.69. The summed E-state index contributed by atoms with van der Waals surface area (Å²) in [6.07, 6.45) is -3.46. The highest BCUT2D eigenvalue weighted by atomic mass is 19.4. The Balaban J connectivity index is 1.88. The van der Waals surface area contributed by atoms with E-state index in [4.69, 9.17) is 4.74 Å². The lowest BCUT2D eigenvalue weighted by molar-refractivity contribution is -0.142. The predicted molar refractivity (Wildman–Crippen MR) is 92.5 cm³/mol. The number of ether oxygens (including phenoxy) is 2. The first kappa shape index (κ1) is 20.9. The summed E-state index contributed by atoms with van der Waals surface area (Å²) >= 11 is 0. The van der Waals surface area contributed by atoms with Gasteiger partial charge in [-0.05, 0) is 60.2 Å². The lowest BCUT2D eigenvalue weighted by Gasteiger charge is -2.17. The molecule has 0 spiro atoms. The van der Waals surface area contributed by atoms with Crippen LogP contribution in [0, 0.1) is 5.92 Å². The van der Waals surface area contributed by atoms with Gasteiger partial charge in [0.15, 0.2) is 11.5 Å². The zero-order valence-electron chi connectivity index (χ0n) is 15.2. The van der Waals surface area contributed by atoms with Crippen molar-refractivity contribution in [1.29, 1.82) is 0 Å². The second-order valence-electron chi connectivity index (χ2n) is 6.77. The van der Waals surface area contributed by atoms with Crippen LogP contribution in [0.5, 0.6) is 17.2 Å². The molecule has 0 fully saturated rings. The third kappa shape index (κ3) is 4.60. The highest BCUT2D eigenvalue weighted by molar-refractivity contribution is 5.71. The summed E-state index contributed by atoms with van der Waals surface area (Å²) < 4.78 is 73.5. The molecule has 0 bridgehead atoms. The molecule has 1 aliphatic carbocycles. The molecule has 29 heavy (non-hydrogen) atoms. The van der Waals surface area contributed by atoms with Crippen LogP contribution >= 0.6 is 0 Å². The van der Waals surface area contributed by atoms with Crippen LogP contribution in [-0.2, 0) is 17.4 Å². The Hall–Kier alpha value is -2.84. The fraction of sp³-hybridized carbons (Fsp3) is 0.350. The van der Waals surface area contributed by atoms with Gasteiger partial charge in [-0.2, -0.15) is 22.0 Å². The van der Waals surface area contributed by atoms with Crippen molar-refractivity contribution in [1.82, 2.24) is 0 Å². The van der Waals surface area contributed by atoms with Crippen molar-refractivity contribution in [2.24, 2.45) is 5.92 Å². The fourth-order valence-electron chi connectivity index (χ4n) is 3.47. The Kier molecular flexibility index (Phi) is 5.68. The molecule has 2 aromatic rings. The lowest BCUT2D eigenvalue weighted by Crippen LogP contribution is -2.17. The van der Waals surface area contributed by atoms with Gasteiger partial charge in [-0.1, -0.05) is 13.0 Å². The molecule has 1 aliphatic rings. The van der Waals surface area contributed by atoms with Gasteiger partial charge in [0.2, 0.25) is 0 Å². The molecule has 0 saturated heterocycles. The first-order valence-corrected chi connectivity index (χ1v) is 8.76. The number of halogens is 5. The molecule has 1 unspecified atom stereocenters. The Bertz CT molecular complexity index is 910. The monoisotopic (exact) mass is 416 g/mol. The van der Waals surface area contributed by atoms with E-state index in [-0.39, 0.29) is 17.4 Å². The molecule has 0 radical (unpaired) electrons. The molecule has 9 heteroatoms. The number of carbonyl (C=O) groups is 1. The third-order valence-corrected chi connectivity index (χ3v) is 4.95. The number of alkyl halides is 5. The second-order valence-corrected chi connectivity index (χ2v) is 6.77. The summed E-state index contributed by atoms with van der Waals surface area (Å²) in [4.78, 5) is 11.2. The normalized spacial score (nSPS) is 17.1. The van der Waals surface area contributed by atoms with Crippen molar-refractivity contribution in [2.75, 3.05) is 0 Å². The number of hydrogen-bond acceptors (Lipinski definition) is 3. The van der Waals surface area contributed by atoms with Gasteiger partial charge in [0.25, 0.3) is 0 Å². The summed E-state index contributed by atoms with van der Waals surface area (Å²) in [6, 6.07) is 6.94. The standard InChI is InChI=1S/C20H17F5O4/c1-10(18(26)27)14-5-2-11-8-13(4-6-15(11)14)28-16-7-3-12(20(23,24)25)9-17(16)29-19(21)22/h3-4,6-10,14,19H,2,5H2,1H3,(H,26,27)/t10?,14-/m0/s1. The van der Waals surface area contributed by atoms with Crippen LogP contribution in [0.25, 0.3) is 0 Å². The molecule has 156 valence electrons. The highest BCUT2D eigenvalue weighted by Gasteiger charge is 2.33. The maximum atomic E-state index is 12.8. The van der Waals surface area contributed by atoms with Crippen LogP contribution < -0.4 is 9.47 Å². The predicted octanol–water partition coefficient (Wildman–Crippen LogP) is 5.85. The second kappa shape index (κ2) is 7.88. The lowest BCUT2D eigenvalue weighted by atomic mass is 9.89. The molecule has 0 aromatic heterocycles. The van der Waals surface area contributed by atoms with Crippen molar-refractivity contribution in [3.63, 3.8) is 0 Å². The fourth-order valence-corrected chi connectivity index (χ4v) is 3.47. The van der Waals surface area contributed by atoms with Crippen molar-refractivity contribution < 1.29 is 41.3 Å². The smallest absolute Gasteiger partial charge is 0.416 e. The van der Waals surface area contributed by atoms with Gasteiger partial charge in [-0.15, -0.1) is 0 Å². The zero-order chi connectivity index (χ0) is 21.3. The van der Waals surface area contributed by atoms with Crippen molar-refractivity contribution in [3.8, 4) is 17.2 Å². The van der Waals surface area contributed by atoms with Gasteiger partial charge in [-0.3, -0.25) is 4.79 Å². The molecular weight excluding hydrogens is 399 g/mol. The van der Waals surface area contributed by atoms with E-state index in [2.05, 4.69) is 4.74 Å². The van der Waals surface area contributed by atoms with E-state index < -0.39 is 36.0 Å². The number of hydrogen-bond donors (Lipinski definition) is 1. The van der Waals surface area contributed by atoms with Gasteiger partial charge < -0.3 is 14.6 Å². The summed E-state index contributed by atoms with van der Waals surface area (Å²) in [5.74, 6) is -2.41. The van der Waals surface area contributed by atoms with E-state index in [1.807, 2.05) is 0 Å².